The molecule has 1 unspecified atom stereocenters. The fourth-order valence-corrected chi connectivity index (χ4v) is 3.29. The second-order valence-electron chi connectivity index (χ2n) is 6.56. The first-order valence-electron chi connectivity index (χ1n) is 8.38. The van der Waals surface area contributed by atoms with Crippen molar-refractivity contribution in [2.45, 2.75) is 45.1 Å². The van der Waals surface area contributed by atoms with Crippen molar-refractivity contribution in [2.24, 2.45) is 5.41 Å². The van der Waals surface area contributed by atoms with Crippen molar-refractivity contribution < 1.29 is 14.3 Å². The summed E-state index contributed by atoms with van der Waals surface area (Å²) in [5.74, 6) is 0.149. The standard InChI is InChI=1S/C16H29N3O3.ClH/c1-13(17-2)12-18-15(21)16(5-3-4-6-16)11-14(20)19-7-9-22-10-8-19;/h13,17H,3-12H2,1-2H3,(H,18,21);1H. The first-order valence-corrected chi connectivity index (χ1v) is 8.38. The molecule has 0 aromatic heterocycles. The summed E-state index contributed by atoms with van der Waals surface area (Å²) >= 11 is 0. The topological polar surface area (TPSA) is 70.7 Å². The van der Waals surface area contributed by atoms with E-state index >= 15 is 0 Å². The van der Waals surface area contributed by atoms with Crippen LogP contribution in [0.4, 0.5) is 0 Å². The maximum atomic E-state index is 12.7. The van der Waals surface area contributed by atoms with E-state index in [0.29, 0.717) is 39.3 Å². The van der Waals surface area contributed by atoms with E-state index in [9.17, 15) is 9.59 Å². The highest BCUT2D eigenvalue weighted by Gasteiger charge is 2.43. The fourth-order valence-electron chi connectivity index (χ4n) is 3.29. The minimum absolute atomic E-state index is 0. The molecule has 2 N–H and O–H groups in total. The molecule has 2 amide bonds. The van der Waals surface area contributed by atoms with Crippen LogP contribution in [0.15, 0.2) is 0 Å². The minimum atomic E-state index is -0.497. The molecule has 2 rings (SSSR count). The monoisotopic (exact) mass is 347 g/mol. The van der Waals surface area contributed by atoms with Crippen LogP contribution in [0.2, 0.25) is 0 Å². The molecule has 0 radical (unpaired) electrons. The number of nitrogens with one attached hydrogen (secondary N) is 2. The summed E-state index contributed by atoms with van der Waals surface area (Å²) in [4.78, 5) is 27.0. The van der Waals surface area contributed by atoms with Gasteiger partial charge in [0.1, 0.15) is 0 Å². The summed E-state index contributed by atoms with van der Waals surface area (Å²) < 4.78 is 5.29. The zero-order valence-corrected chi connectivity index (χ0v) is 15.0. The number of rotatable bonds is 6. The smallest absolute Gasteiger partial charge is 0.226 e. The van der Waals surface area contributed by atoms with E-state index in [1.807, 2.05) is 18.9 Å². The van der Waals surface area contributed by atoms with Crippen LogP contribution in [-0.2, 0) is 14.3 Å². The van der Waals surface area contributed by atoms with Crippen molar-refractivity contribution in [3.05, 3.63) is 0 Å². The Labute approximate surface area is 145 Å². The third kappa shape index (κ3) is 5.33. The molecule has 1 aliphatic heterocycles. The Bertz CT molecular complexity index is 394. The number of hydrogen-bond donors (Lipinski definition) is 2. The lowest BCUT2D eigenvalue weighted by Gasteiger charge is -2.32. The summed E-state index contributed by atoms with van der Waals surface area (Å²) in [5.41, 5.74) is -0.497. The van der Waals surface area contributed by atoms with Gasteiger partial charge in [0.05, 0.1) is 18.6 Å². The molecule has 1 saturated carbocycles. The SMILES string of the molecule is CNC(C)CNC(=O)C1(CC(=O)N2CCOCC2)CCCC1.Cl. The molecule has 1 aliphatic carbocycles. The molecular formula is C16H30ClN3O3. The molecule has 2 fully saturated rings. The first kappa shape index (κ1) is 20.2. The number of hydrogen-bond acceptors (Lipinski definition) is 4. The molecule has 6 nitrogen and oxygen atoms in total. The highest BCUT2D eigenvalue weighted by Crippen LogP contribution is 2.41. The Kier molecular flexibility index (Phi) is 8.29. The van der Waals surface area contributed by atoms with E-state index < -0.39 is 5.41 Å². The van der Waals surface area contributed by atoms with Gasteiger partial charge in [0.15, 0.2) is 0 Å². The van der Waals surface area contributed by atoms with Crippen molar-refractivity contribution in [3.63, 3.8) is 0 Å². The van der Waals surface area contributed by atoms with Gasteiger partial charge in [0, 0.05) is 32.1 Å². The number of ether oxygens (including phenoxy) is 1. The van der Waals surface area contributed by atoms with Crippen LogP contribution in [0.5, 0.6) is 0 Å². The van der Waals surface area contributed by atoms with Gasteiger partial charge in [0.25, 0.3) is 0 Å². The third-order valence-electron chi connectivity index (χ3n) is 4.96. The predicted molar refractivity (Wildman–Crippen MR) is 91.7 cm³/mol. The van der Waals surface area contributed by atoms with Crippen molar-refractivity contribution in [1.82, 2.24) is 15.5 Å². The predicted octanol–water partition coefficient (Wildman–Crippen LogP) is 0.942. The van der Waals surface area contributed by atoms with Crippen LogP contribution in [0, 0.1) is 5.41 Å². The van der Waals surface area contributed by atoms with E-state index in [4.69, 9.17) is 4.74 Å². The van der Waals surface area contributed by atoms with E-state index in [2.05, 4.69) is 10.6 Å². The Morgan fingerprint density at radius 1 is 1.22 bits per heavy atom. The summed E-state index contributed by atoms with van der Waals surface area (Å²) in [6, 6.07) is 0.234. The van der Waals surface area contributed by atoms with Crippen LogP contribution >= 0.6 is 12.4 Å². The third-order valence-corrected chi connectivity index (χ3v) is 4.96. The fraction of sp³-hybridized carbons (Fsp3) is 0.875. The van der Waals surface area contributed by atoms with Gasteiger partial charge >= 0.3 is 0 Å². The maximum absolute atomic E-state index is 12.7. The van der Waals surface area contributed by atoms with Gasteiger partial charge in [-0.1, -0.05) is 12.8 Å². The van der Waals surface area contributed by atoms with E-state index in [1.165, 1.54) is 0 Å². The van der Waals surface area contributed by atoms with Gasteiger partial charge in [-0.05, 0) is 26.8 Å². The number of carbonyl (C=O) groups is 2. The molecule has 0 aromatic rings. The zero-order chi connectivity index (χ0) is 16.0. The molecule has 0 spiro atoms. The van der Waals surface area contributed by atoms with Crippen molar-refractivity contribution in [1.29, 1.82) is 0 Å². The number of halogens is 1. The zero-order valence-electron chi connectivity index (χ0n) is 14.2. The lowest BCUT2D eigenvalue weighted by molar-refractivity contribution is -0.143. The summed E-state index contributed by atoms with van der Waals surface area (Å²) in [6.45, 7) is 5.12. The van der Waals surface area contributed by atoms with Crippen LogP contribution in [-0.4, -0.2) is 62.7 Å². The van der Waals surface area contributed by atoms with Gasteiger partial charge in [0.2, 0.25) is 11.8 Å². The van der Waals surface area contributed by atoms with Crippen molar-refractivity contribution in [3.8, 4) is 0 Å². The van der Waals surface area contributed by atoms with E-state index in [0.717, 1.165) is 25.7 Å². The minimum Gasteiger partial charge on any atom is -0.378 e. The number of carbonyl (C=O) groups excluding carboxylic acids is 2. The highest BCUT2D eigenvalue weighted by atomic mass is 35.5. The average molecular weight is 348 g/mol. The van der Waals surface area contributed by atoms with Crippen molar-refractivity contribution >= 4 is 24.2 Å². The Morgan fingerprint density at radius 3 is 2.39 bits per heavy atom. The molecule has 1 atom stereocenters. The number of morpholine rings is 1. The highest BCUT2D eigenvalue weighted by molar-refractivity contribution is 5.89. The van der Waals surface area contributed by atoms with Gasteiger partial charge < -0.3 is 20.3 Å². The Morgan fingerprint density at radius 2 is 1.83 bits per heavy atom. The lowest BCUT2D eigenvalue weighted by atomic mass is 9.81. The molecule has 0 aromatic carbocycles. The van der Waals surface area contributed by atoms with Crippen molar-refractivity contribution in [2.75, 3.05) is 39.9 Å². The van der Waals surface area contributed by atoms with Gasteiger partial charge in [-0.2, -0.15) is 0 Å². The normalized spacial score (nSPS) is 21.4. The lowest BCUT2D eigenvalue weighted by Crippen LogP contribution is -2.48. The van der Waals surface area contributed by atoms with Gasteiger partial charge in [-0.3, -0.25) is 9.59 Å². The molecule has 7 heteroatoms. The molecular weight excluding hydrogens is 318 g/mol. The largest absolute Gasteiger partial charge is 0.378 e. The molecule has 2 aliphatic rings. The molecule has 1 heterocycles. The van der Waals surface area contributed by atoms with Crippen LogP contribution in [0.3, 0.4) is 0 Å². The average Bonchev–Trinajstić information content (AvgIpc) is 3.02. The number of amides is 2. The Balaban J connectivity index is 0.00000264. The van der Waals surface area contributed by atoms with Gasteiger partial charge in [-0.25, -0.2) is 0 Å². The first-order chi connectivity index (χ1) is 10.6. The van der Waals surface area contributed by atoms with E-state index in [-0.39, 0.29) is 30.3 Å². The van der Waals surface area contributed by atoms with Gasteiger partial charge in [-0.15, -0.1) is 12.4 Å². The quantitative estimate of drug-likeness (QED) is 0.750. The molecule has 23 heavy (non-hydrogen) atoms. The van der Waals surface area contributed by atoms with Crippen LogP contribution in [0.1, 0.15) is 39.0 Å². The second kappa shape index (κ2) is 9.45. The molecule has 0 bridgehead atoms. The second-order valence-corrected chi connectivity index (χ2v) is 6.56. The summed E-state index contributed by atoms with van der Waals surface area (Å²) in [5, 5.41) is 6.14. The number of nitrogens with zero attached hydrogens (tertiary/aromatic N) is 1. The molecule has 1 saturated heterocycles. The Hall–Kier alpha value is -0.850. The van der Waals surface area contributed by atoms with Crippen LogP contribution in [0.25, 0.3) is 0 Å². The summed E-state index contributed by atoms with van der Waals surface area (Å²) in [7, 11) is 1.88. The molecule has 134 valence electrons. The maximum Gasteiger partial charge on any atom is 0.226 e. The van der Waals surface area contributed by atoms with E-state index in [1.54, 1.807) is 0 Å². The summed E-state index contributed by atoms with van der Waals surface area (Å²) in [6.07, 6.45) is 4.05. The van der Waals surface area contributed by atoms with Crippen LogP contribution < -0.4 is 10.6 Å². The number of likely N-dealkylation sites (N-methyl/N-ethyl adjacent to an activating group) is 1.